The molecule has 0 radical (unpaired) electrons. The molecular formula is C10H8ClNO3S. The van der Waals surface area contributed by atoms with Gasteiger partial charge in [0.25, 0.3) is 0 Å². The van der Waals surface area contributed by atoms with Gasteiger partial charge in [0.2, 0.25) is 9.84 Å². The Labute approximate surface area is 98.1 Å². The van der Waals surface area contributed by atoms with E-state index < -0.39 is 9.84 Å². The van der Waals surface area contributed by atoms with Crippen LogP contribution in [0.25, 0.3) is 0 Å². The Hall–Kier alpha value is -1.33. The zero-order valence-corrected chi connectivity index (χ0v) is 9.70. The number of halogens is 1. The number of nitrogens with zero attached hydrogens (tertiary/aromatic N) is 1. The van der Waals surface area contributed by atoms with E-state index in [2.05, 4.69) is 4.99 Å². The average Bonchev–Trinajstić information content (AvgIpc) is 2.57. The van der Waals surface area contributed by atoms with Crippen molar-refractivity contribution in [2.24, 2.45) is 4.99 Å². The molecule has 6 heteroatoms. The number of sulfone groups is 1. The number of rotatable bonds is 3. The first-order valence-corrected chi connectivity index (χ1v) is 6.37. The molecule has 0 fully saturated rings. The Morgan fingerprint density at radius 1 is 1.31 bits per heavy atom. The van der Waals surface area contributed by atoms with Gasteiger partial charge in [0, 0.05) is 6.20 Å². The Morgan fingerprint density at radius 3 is 2.69 bits per heavy atom. The predicted octanol–water partition coefficient (Wildman–Crippen LogP) is 2.02. The molecule has 16 heavy (non-hydrogen) atoms. The first-order valence-electron chi connectivity index (χ1n) is 4.44. The minimum absolute atomic E-state index is 0.0634. The van der Waals surface area contributed by atoms with E-state index in [1.165, 1.54) is 6.20 Å². The highest BCUT2D eigenvalue weighted by Crippen LogP contribution is 2.24. The van der Waals surface area contributed by atoms with E-state index in [4.69, 9.17) is 16.3 Å². The van der Waals surface area contributed by atoms with Crippen molar-refractivity contribution in [3.05, 3.63) is 40.4 Å². The van der Waals surface area contributed by atoms with E-state index in [-0.39, 0.29) is 11.5 Å². The first kappa shape index (κ1) is 11.2. The second-order valence-electron chi connectivity index (χ2n) is 3.11. The van der Waals surface area contributed by atoms with Crippen LogP contribution in [0.4, 0.5) is 0 Å². The van der Waals surface area contributed by atoms with Crippen molar-refractivity contribution in [3.63, 3.8) is 0 Å². The van der Waals surface area contributed by atoms with Gasteiger partial charge < -0.3 is 4.74 Å². The molecule has 1 aromatic carbocycles. The quantitative estimate of drug-likeness (QED) is 0.832. The Morgan fingerprint density at radius 2 is 2.06 bits per heavy atom. The molecule has 0 atom stereocenters. The summed E-state index contributed by atoms with van der Waals surface area (Å²) in [4.78, 5) is 3.70. The van der Waals surface area contributed by atoms with Crippen molar-refractivity contribution in [2.75, 3.05) is 6.61 Å². The van der Waals surface area contributed by atoms with Gasteiger partial charge in [-0.2, -0.15) is 0 Å². The summed E-state index contributed by atoms with van der Waals surface area (Å²) in [6, 6.07) is 6.87. The molecule has 0 amide bonds. The fourth-order valence-corrected chi connectivity index (χ4v) is 2.14. The normalized spacial score (nSPS) is 17.2. The van der Waals surface area contributed by atoms with E-state index in [9.17, 15) is 8.42 Å². The van der Waals surface area contributed by atoms with Crippen LogP contribution in [0.1, 0.15) is 0 Å². The van der Waals surface area contributed by atoms with Gasteiger partial charge >= 0.3 is 0 Å². The molecule has 0 saturated carbocycles. The summed E-state index contributed by atoms with van der Waals surface area (Å²) in [6.45, 7) is -0.0634. The van der Waals surface area contributed by atoms with Crippen LogP contribution >= 0.6 is 11.6 Å². The average molecular weight is 258 g/mol. The predicted molar refractivity (Wildman–Crippen MR) is 62.4 cm³/mol. The monoisotopic (exact) mass is 257 g/mol. The Balaban J connectivity index is 2.08. The van der Waals surface area contributed by atoms with Gasteiger partial charge in [-0.05, 0) is 12.1 Å². The van der Waals surface area contributed by atoms with Gasteiger partial charge in [-0.15, -0.1) is 0 Å². The van der Waals surface area contributed by atoms with Crippen LogP contribution in [0.2, 0.25) is 5.02 Å². The minimum atomic E-state index is -3.37. The maximum atomic E-state index is 11.3. The summed E-state index contributed by atoms with van der Waals surface area (Å²) in [5.41, 5.74) is 0.901. The van der Waals surface area contributed by atoms with Gasteiger partial charge in [-0.1, -0.05) is 23.7 Å². The molecule has 1 aromatic rings. The molecule has 0 saturated heterocycles. The van der Waals surface area contributed by atoms with Crippen molar-refractivity contribution in [3.8, 4) is 5.75 Å². The summed E-state index contributed by atoms with van der Waals surface area (Å²) in [5, 5.41) is 0.444. The van der Waals surface area contributed by atoms with Crippen molar-refractivity contribution >= 4 is 27.0 Å². The number of para-hydroxylation sites is 1. The van der Waals surface area contributed by atoms with Crippen molar-refractivity contribution in [1.29, 1.82) is 0 Å². The van der Waals surface area contributed by atoms with Crippen LogP contribution in [-0.2, 0) is 9.84 Å². The molecule has 0 bridgehead atoms. The lowest BCUT2D eigenvalue weighted by atomic mass is 10.3. The summed E-state index contributed by atoms with van der Waals surface area (Å²) in [5.74, 6) is 0.451. The Bertz CT molecular complexity index is 563. The van der Waals surface area contributed by atoms with E-state index >= 15 is 0 Å². The smallest absolute Gasteiger partial charge is 0.217 e. The fraction of sp³-hybridized carbons (Fsp3) is 0.100. The molecule has 1 aliphatic heterocycles. The summed E-state index contributed by atoms with van der Waals surface area (Å²) >= 11 is 5.86. The molecule has 2 rings (SSSR count). The van der Waals surface area contributed by atoms with Crippen LogP contribution < -0.4 is 4.74 Å². The number of hydrogen-bond donors (Lipinski definition) is 0. The third-order valence-electron chi connectivity index (χ3n) is 1.99. The van der Waals surface area contributed by atoms with Gasteiger partial charge in [0.05, 0.1) is 5.02 Å². The second kappa shape index (κ2) is 4.27. The van der Waals surface area contributed by atoms with Crippen molar-refractivity contribution < 1.29 is 13.2 Å². The minimum Gasteiger partial charge on any atom is -0.487 e. The molecule has 4 nitrogen and oxygen atoms in total. The molecule has 84 valence electrons. The molecule has 0 aromatic heterocycles. The molecule has 0 N–H and O–H groups in total. The van der Waals surface area contributed by atoms with E-state index in [0.29, 0.717) is 10.8 Å². The zero-order chi connectivity index (χ0) is 11.6. The van der Waals surface area contributed by atoms with Crippen LogP contribution in [0.5, 0.6) is 5.75 Å². The van der Waals surface area contributed by atoms with Crippen LogP contribution in [0.3, 0.4) is 0 Å². The number of aliphatic imine (C=N–C) groups is 1. The lowest BCUT2D eigenvalue weighted by molar-refractivity contribution is 0.358. The zero-order valence-electron chi connectivity index (χ0n) is 8.13. The van der Waals surface area contributed by atoms with Crippen LogP contribution in [-0.4, -0.2) is 20.6 Å². The van der Waals surface area contributed by atoms with Crippen LogP contribution in [0, 0.1) is 0 Å². The third kappa shape index (κ3) is 2.25. The lowest BCUT2D eigenvalue weighted by Gasteiger charge is -2.07. The van der Waals surface area contributed by atoms with Gasteiger partial charge in [0.15, 0.2) is 0 Å². The SMILES string of the molecule is O=S1(=O)C=NC=C1COc1ccccc1Cl. The maximum absolute atomic E-state index is 11.3. The molecule has 0 aliphatic carbocycles. The van der Waals surface area contributed by atoms with Gasteiger partial charge in [-0.25, -0.2) is 8.42 Å². The van der Waals surface area contributed by atoms with Crippen LogP contribution in [0.15, 0.2) is 40.4 Å². The molecule has 1 heterocycles. The standard InChI is InChI=1S/C10H8ClNO3S/c11-9-3-1-2-4-10(9)15-6-8-5-12-7-16(8,13)14/h1-5,7H,6H2. The number of ether oxygens (including phenoxy) is 1. The largest absolute Gasteiger partial charge is 0.487 e. The van der Waals surface area contributed by atoms with Gasteiger partial charge in [0.1, 0.15) is 22.8 Å². The molecular weight excluding hydrogens is 250 g/mol. The highest BCUT2D eigenvalue weighted by molar-refractivity contribution is 8.08. The second-order valence-corrected chi connectivity index (χ2v) is 5.35. The first-order chi connectivity index (χ1) is 7.59. The molecule has 0 unspecified atom stereocenters. The molecule has 1 aliphatic rings. The summed E-state index contributed by atoms with van der Waals surface area (Å²) < 4.78 is 28.0. The lowest BCUT2D eigenvalue weighted by Crippen LogP contribution is -2.09. The van der Waals surface area contributed by atoms with E-state index in [1.54, 1.807) is 24.3 Å². The summed E-state index contributed by atoms with van der Waals surface area (Å²) in [7, 11) is -3.37. The van der Waals surface area contributed by atoms with Crippen molar-refractivity contribution in [1.82, 2.24) is 0 Å². The molecule has 0 spiro atoms. The van der Waals surface area contributed by atoms with Gasteiger partial charge in [-0.3, -0.25) is 4.99 Å². The third-order valence-corrected chi connectivity index (χ3v) is 3.66. The van der Waals surface area contributed by atoms with Crippen molar-refractivity contribution in [2.45, 2.75) is 0 Å². The highest BCUT2D eigenvalue weighted by atomic mass is 35.5. The topological polar surface area (TPSA) is 55.7 Å². The summed E-state index contributed by atoms with van der Waals surface area (Å²) in [6.07, 6.45) is 1.27. The number of benzene rings is 1. The maximum Gasteiger partial charge on any atom is 0.217 e. The Kier molecular flexibility index (Phi) is 2.98. The van der Waals surface area contributed by atoms with E-state index in [1.807, 2.05) is 0 Å². The van der Waals surface area contributed by atoms with E-state index in [0.717, 1.165) is 5.55 Å². The number of hydrogen-bond acceptors (Lipinski definition) is 4. The highest BCUT2D eigenvalue weighted by Gasteiger charge is 2.20. The fourth-order valence-electron chi connectivity index (χ4n) is 1.16.